The highest BCUT2D eigenvalue weighted by Gasteiger charge is 2.29. The number of thioether (sulfide) groups is 1. The van der Waals surface area contributed by atoms with Gasteiger partial charge in [0.25, 0.3) is 5.91 Å². The summed E-state index contributed by atoms with van der Waals surface area (Å²) in [5.74, 6) is 0.0985. The fraction of sp³-hybridized carbons (Fsp3) is 0.308. The van der Waals surface area contributed by atoms with Crippen molar-refractivity contribution in [2.45, 2.75) is 24.5 Å². The van der Waals surface area contributed by atoms with Crippen molar-refractivity contribution < 1.29 is 14.0 Å². The third kappa shape index (κ3) is 6.95. The molecule has 1 atom stereocenters. The first-order valence-electron chi connectivity index (χ1n) is 11.7. The number of amides is 2. The number of carbonyl (C=O) groups excluding carboxylic acids is 2. The van der Waals surface area contributed by atoms with Gasteiger partial charge >= 0.3 is 0 Å². The SMILES string of the molecule is CC1CN(c2cc(Cl)nc(SCC(=O)NCCc3ccccc3)n2)CCN1C(=O)c1cccc(F)c1. The molecule has 0 saturated carbocycles. The molecule has 2 aromatic carbocycles. The minimum absolute atomic E-state index is 0.0980. The number of hydrogen-bond acceptors (Lipinski definition) is 6. The Balaban J connectivity index is 1.31. The Kier molecular flexibility index (Phi) is 8.77. The molecule has 1 unspecified atom stereocenters. The van der Waals surface area contributed by atoms with E-state index in [-0.39, 0.29) is 28.8 Å². The average Bonchev–Trinajstić information content (AvgIpc) is 2.87. The van der Waals surface area contributed by atoms with Gasteiger partial charge in [-0.15, -0.1) is 0 Å². The molecule has 10 heteroatoms. The maximum atomic E-state index is 13.6. The summed E-state index contributed by atoms with van der Waals surface area (Å²) in [6.07, 6.45) is 0.765. The van der Waals surface area contributed by atoms with E-state index in [1.165, 1.54) is 35.5 Å². The van der Waals surface area contributed by atoms with Gasteiger partial charge in [-0.05, 0) is 37.1 Å². The minimum atomic E-state index is -0.433. The van der Waals surface area contributed by atoms with Crippen LogP contribution in [0.3, 0.4) is 0 Å². The zero-order valence-electron chi connectivity index (χ0n) is 19.9. The van der Waals surface area contributed by atoms with E-state index in [0.29, 0.717) is 42.7 Å². The molecule has 0 radical (unpaired) electrons. The molecular weight excluding hydrogens is 501 g/mol. The molecule has 36 heavy (non-hydrogen) atoms. The van der Waals surface area contributed by atoms with Crippen LogP contribution in [0.2, 0.25) is 5.15 Å². The quantitative estimate of drug-likeness (QED) is 0.270. The molecule has 1 saturated heterocycles. The summed E-state index contributed by atoms with van der Waals surface area (Å²) in [6.45, 7) is 4.05. The van der Waals surface area contributed by atoms with E-state index >= 15 is 0 Å². The Bertz CT molecular complexity index is 1220. The number of carbonyl (C=O) groups is 2. The van der Waals surface area contributed by atoms with Crippen molar-refractivity contribution in [2.24, 2.45) is 0 Å². The summed E-state index contributed by atoms with van der Waals surface area (Å²) >= 11 is 7.48. The molecule has 2 amide bonds. The number of hydrogen-bond donors (Lipinski definition) is 1. The Hall–Kier alpha value is -3.17. The summed E-state index contributed by atoms with van der Waals surface area (Å²) in [5, 5.41) is 3.62. The van der Waals surface area contributed by atoms with Gasteiger partial charge in [0.05, 0.1) is 5.75 Å². The zero-order chi connectivity index (χ0) is 25.5. The van der Waals surface area contributed by atoms with Crippen molar-refractivity contribution >= 4 is 41.0 Å². The molecule has 3 aromatic rings. The smallest absolute Gasteiger partial charge is 0.254 e. The van der Waals surface area contributed by atoms with Crippen LogP contribution < -0.4 is 10.2 Å². The van der Waals surface area contributed by atoms with Gasteiger partial charge in [0.15, 0.2) is 5.16 Å². The highest BCUT2D eigenvalue weighted by atomic mass is 35.5. The Morgan fingerprint density at radius 3 is 2.67 bits per heavy atom. The predicted molar refractivity (Wildman–Crippen MR) is 140 cm³/mol. The molecule has 0 aliphatic carbocycles. The lowest BCUT2D eigenvalue weighted by atomic mass is 10.1. The van der Waals surface area contributed by atoms with E-state index in [9.17, 15) is 14.0 Å². The number of nitrogens with zero attached hydrogens (tertiary/aromatic N) is 4. The molecule has 4 rings (SSSR count). The van der Waals surface area contributed by atoms with Crippen molar-refractivity contribution in [2.75, 3.05) is 36.8 Å². The van der Waals surface area contributed by atoms with Gasteiger partial charge in [0, 0.05) is 43.9 Å². The topological polar surface area (TPSA) is 78.4 Å². The molecule has 1 aliphatic heterocycles. The molecule has 1 aliphatic rings. The van der Waals surface area contributed by atoms with Crippen LogP contribution in [0.15, 0.2) is 65.8 Å². The monoisotopic (exact) mass is 527 g/mol. The van der Waals surface area contributed by atoms with Crippen molar-refractivity contribution in [1.29, 1.82) is 0 Å². The average molecular weight is 528 g/mol. The van der Waals surface area contributed by atoms with E-state index < -0.39 is 5.82 Å². The van der Waals surface area contributed by atoms with E-state index in [0.717, 1.165) is 6.42 Å². The highest BCUT2D eigenvalue weighted by molar-refractivity contribution is 7.99. The Labute approximate surface area is 219 Å². The third-order valence-corrected chi connectivity index (χ3v) is 6.90. The van der Waals surface area contributed by atoms with Crippen LogP contribution in [-0.2, 0) is 11.2 Å². The van der Waals surface area contributed by atoms with Crippen LogP contribution in [0.4, 0.5) is 10.2 Å². The number of halogens is 2. The number of rotatable bonds is 8. The second-order valence-electron chi connectivity index (χ2n) is 8.51. The molecule has 7 nitrogen and oxygen atoms in total. The number of piperazine rings is 1. The van der Waals surface area contributed by atoms with Gasteiger partial charge in [0.2, 0.25) is 5.91 Å². The molecule has 0 spiro atoms. The fourth-order valence-corrected chi connectivity index (χ4v) is 4.95. The van der Waals surface area contributed by atoms with Crippen molar-refractivity contribution in [1.82, 2.24) is 20.2 Å². The zero-order valence-corrected chi connectivity index (χ0v) is 21.4. The van der Waals surface area contributed by atoms with Crippen LogP contribution in [0.1, 0.15) is 22.8 Å². The first-order valence-corrected chi connectivity index (χ1v) is 13.0. The Morgan fingerprint density at radius 2 is 1.92 bits per heavy atom. The summed E-state index contributed by atoms with van der Waals surface area (Å²) in [5.41, 5.74) is 1.50. The first-order chi connectivity index (χ1) is 17.4. The second kappa shape index (κ2) is 12.2. The number of benzene rings is 2. The summed E-state index contributed by atoms with van der Waals surface area (Å²) < 4.78 is 13.6. The standard InChI is InChI=1S/C26H27ClFN5O2S/c1-18-16-32(12-13-33(18)25(35)20-8-5-9-21(28)14-20)23-15-22(27)30-26(31-23)36-17-24(34)29-11-10-19-6-3-2-4-7-19/h2-9,14-15,18H,10-13,16-17H2,1H3,(H,29,34). The predicted octanol–water partition coefficient (Wildman–Crippen LogP) is 4.07. The van der Waals surface area contributed by atoms with Crippen molar-refractivity contribution in [3.63, 3.8) is 0 Å². The van der Waals surface area contributed by atoms with E-state index in [1.807, 2.05) is 42.2 Å². The van der Waals surface area contributed by atoms with Crippen LogP contribution in [0.25, 0.3) is 0 Å². The van der Waals surface area contributed by atoms with Crippen molar-refractivity contribution in [3.05, 3.63) is 82.8 Å². The van der Waals surface area contributed by atoms with Gasteiger partial charge in [-0.3, -0.25) is 9.59 Å². The molecule has 1 fully saturated rings. The van der Waals surface area contributed by atoms with Crippen LogP contribution in [0.5, 0.6) is 0 Å². The third-order valence-electron chi connectivity index (χ3n) is 5.86. The lowest BCUT2D eigenvalue weighted by Gasteiger charge is -2.40. The normalized spacial score (nSPS) is 15.6. The maximum absolute atomic E-state index is 13.6. The molecule has 2 heterocycles. The van der Waals surface area contributed by atoms with Gasteiger partial charge in [-0.1, -0.05) is 59.8 Å². The van der Waals surface area contributed by atoms with E-state index in [2.05, 4.69) is 15.3 Å². The molecule has 0 bridgehead atoms. The molecule has 1 aromatic heterocycles. The molecule has 1 N–H and O–H groups in total. The minimum Gasteiger partial charge on any atom is -0.355 e. The summed E-state index contributed by atoms with van der Waals surface area (Å²) in [7, 11) is 0. The Morgan fingerprint density at radius 1 is 1.11 bits per heavy atom. The number of aromatic nitrogens is 2. The largest absolute Gasteiger partial charge is 0.355 e. The fourth-order valence-electron chi connectivity index (χ4n) is 4.04. The summed E-state index contributed by atoms with van der Waals surface area (Å²) in [4.78, 5) is 37.8. The highest BCUT2D eigenvalue weighted by Crippen LogP contribution is 2.24. The molecule has 188 valence electrons. The number of nitrogens with one attached hydrogen (secondary N) is 1. The lowest BCUT2D eigenvalue weighted by Crippen LogP contribution is -2.54. The summed E-state index contributed by atoms with van der Waals surface area (Å²) in [6, 6.07) is 17.3. The number of anilines is 1. The van der Waals surface area contributed by atoms with Crippen LogP contribution >= 0.6 is 23.4 Å². The van der Waals surface area contributed by atoms with Gasteiger partial charge in [-0.25, -0.2) is 14.4 Å². The second-order valence-corrected chi connectivity index (χ2v) is 9.84. The van der Waals surface area contributed by atoms with Gasteiger partial charge < -0.3 is 15.1 Å². The van der Waals surface area contributed by atoms with Crippen molar-refractivity contribution in [3.8, 4) is 0 Å². The van der Waals surface area contributed by atoms with Crippen LogP contribution in [-0.4, -0.2) is 64.7 Å². The van der Waals surface area contributed by atoms with E-state index in [4.69, 9.17) is 11.6 Å². The van der Waals surface area contributed by atoms with E-state index in [1.54, 1.807) is 17.0 Å². The van der Waals surface area contributed by atoms with Gasteiger partial charge in [0.1, 0.15) is 16.8 Å². The maximum Gasteiger partial charge on any atom is 0.254 e. The first kappa shape index (κ1) is 25.9. The molecular formula is C26H27ClFN5O2S. The van der Waals surface area contributed by atoms with Crippen LogP contribution in [0, 0.1) is 5.82 Å². The lowest BCUT2D eigenvalue weighted by molar-refractivity contribution is -0.118. The van der Waals surface area contributed by atoms with Gasteiger partial charge in [-0.2, -0.15) is 0 Å².